The number of hydrogen-bond donors (Lipinski definition) is 0. The zero-order chi connectivity index (χ0) is 13.3. The second kappa shape index (κ2) is 5.14. The molecule has 5 nitrogen and oxygen atoms in total. The molecule has 1 aliphatic rings. The first-order chi connectivity index (χ1) is 8.47. The standard InChI is InChI=1S/C12H17N3O2S/c1-8-4-11(14(3)13-8)15-6-10(5-12(15)17)7-18-9(2)16/h4,10H,5-7H2,1-3H3. The molecule has 1 saturated heterocycles. The van der Waals surface area contributed by atoms with Gasteiger partial charge in [0.15, 0.2) is 5.12 Å². The van der Waals surface area contributed by atoms with E-state index in [4.69, 9.17) is 0 Å². The number of carbonyl (C=O) groups is 2. The number of amides is 1. The van der Waals surface area contributed by atoms with Gasteiger partial charge < -0.3 is 0 Å². The summed E-state index contributed by atoms with van der Waals surface area (Å²) in [5.41, 5.74) is 0.905. The number of rotatable bonds is 3. The fourth-order valence-electron chi connectivity index (χ4n) is 2.20. The topological polar surface area (TPSA) is 55.2 Å². The Balaban J connectivity index is 2.05. The molecule has 0 aliphatic carbocycles. The van der Waals surface area contributed by atoms with Crippen molar-refractivity contribution in [1.82, 2.24) is 9.78 Å². The van der Waals surface area contributed by atoms with E-state index in [1.807, 2.05) is 20.0 Å². The van der Waals surface area contributed by atoms with Gasteiger partial charge in [-0.15, -0.1) is 0 Å². The molecule has 0 aromatic carbocycles. The normalized spacial score (nSPS) is 19.6. The molecule has 98 valence electrons. The fraction of sp³-hybridized carbons (Fsp3) is 0.583. The number of carbonyl (C=O) groups excluding carboxylic acids is 2. The minimum Gasteiger partial charge on any atom is -0.297 e. The SMILES string of the molecule is CC(=O)SCC1CC(=O)N(c2cc(C)nn2C)C1. The molecule has 0 N–H and O–H groups in total. The molecule has 1 aliphatic heterocycles. The van der Waals surface area contributed by atoms with Crippen molar-refractivity contribution in [2.24, 2.45) is 13.0 Å². The summed E-state index contributed by atoms with van der Waals surface area (Å²) in [6, 6.07) is 1.92. The van der Waals surface area contributed by atoms with Crippen molar-refractivity contribution in [2.75, 3.05) is 17.2 Å². The summed E-state index contributed by atoms with van der Waals surface area (Å²) < 4.78 is 1.73. The van der Waals surface area contributed by atoms with Crippen molar-refractivity contribution in [3.63, 3.8) is 0 Å². The van der Waals surface area contributed by atoms with E-state index < -0.39 is 0 Å². The summed E-state index contributed by atoms with van der Waals surface area (Å²) in [6.07, 6.45) is 0.518. The van der Waals surface area contributed by atoms with Gasteiger partial charge in [-0.05, 0) is 12.8 Å². The van der Waals surface area contributed by atoms with Crippen molar-refractivity contribution in [1.29, 1.82) is 0 Å². The van der Waals surface area contributed by atoms with Gasteiger partial charge in [0, 0.05) is 38.8 Å². The highest BCUT2D eigenvalue weighted by molar-refractivity contribution is 8.13. The second-order valence-electron chi connectivity index (χ2n) is 4.64. The van der Waals surface area contributed by atoms with Crippen molar-refractivity contribution in [2.45, 2.75) is 20.3 Å². The van der Waals surface area contributed by atoms with E-state index in [0.717, 1.165) is 11.5 Å². The van der Waals surface area contributed by atoms with Crippen LogP contribution in [-0.4, -0.2) is 33.1 Å². The van der Waals surface area contributed by atoms with Gasteiger partial charge in [-0.1, -0.05) is 11.8 Å². The lowest BCUT2D eigenvalue weighted by Gasteiger charge is -2.16. The number of nitrogens with zero attached hydrogens (tertiary/aromatic N) is 3. The van der Waals surface area contributed by atoms with Crippen LogP contribution >= 0.6 is 11.8 Å². The average Bonchev–Trinajstić information content (AvgIpc) is 2.79. The highest BCUT2D eigenvalue weighted by Gasteiger charge is 2.32. The summed E-state index contributed by atoms with van der Waals surface area (Å²) in [6.45, 7) is 4.15. The Morgan fingerprint density at radius 3 is 2.89 bits per heavy atom. The van der Waals surface area contributed by atoms with Gasteiger partial charge in [-0.2, -0.15) is 5.10 Å². The first-order valence-electron chi connectivity index (χ1n) is 5.91. The molecule has 1 amide bonds. The third-order valence-electron chi connectivity index (χ3n) is 2.98. The Morgan fingerprint density at radius 2 is 2.33 bits per heavy atom. The van der Waals surface area contributed by atoms with Crippen molar-refractivity contribution < 1.29 is 9.59 Å². The largest absolute Gasteiger partial charge is 0.297 e. The summed E-state index contributed by atoms with van der Waals surface area (Å²) >= 11 is 1.30. The molecule has 6 heteroatoms. The van der Waals surface area contributed by atoms with Crippen LogP contribution in [-0.2, 0) is 16.6 Å². The predicted octanol–water partition coefficient (Wildman–Crippen LogP) is 1.36. The van der Waals surface area contributed by atoms with Crippen LogP contribution in [0, 0.1) is 12.8 Å². The first-order valence-corrected chi connectivity index (χ1v) is 6.90. The van der Waals surface area contributed by atoms with E-state index in [2.05, 4.69) is 5.10 Å². The molecule has 0 spiro atoms. The van der Waals surface area contributed by atoms with Crippen LogP contribution in [0.2, 0.25) is 0 Å². The van der Waals surface area contributed by atoms with Crippen molar-refractivity contribution in [3.05, 3.63) is 11.8 Å². The van der Waals surface area contributed by atoms with Gasteiger partial charge in [0.05, 0.1) is 5.69 Å². The van der Waals surface area contributed by atoms with E-state index in [-0.39, 0.29) is 16.9 Å². The highest BCUT2D eigenvalue weighted by Crippen LogP contribution is 2.27. The Labute approximate surface area is 111 Å². The molecule has 1 aromatic rings. The number of aromatic nitrogens is 2. The highest BCUT2D eigenvalue weighted by atomic mass is 32.2. The Morgan fingerprint density at radius 1 is 1.61 bits per heavy atom. The molecular formula is C12H17N3O2S. The smallest absolute Gasteiger partial charge is 0.228 e. The van der Waals surface area contributed by atoms with Crippen LogP contribution in [0.5, 0.6) is 0 Å². The first kappa shape index (κ1) is 13.1. The van der Waals surface area contributed by atoms with E-state index in [1.54, 1.807) is 16.5 Å². The maximum absolute atomic E-state index is 12.0. The minimum atomic E-state index is 0.109. The molecular weight excluding hydrogens is 250 g/mol. The zero-order valence-corrected chi connectivity index (χ0v) is 11.7. The second-order valence-corrected chi connectivity index (χ2v) is 5.84. The molecule has 2 heterocycles. The Bertz CT molecular complexity index is 484. The lowest BCUT2D eigenvalue weighted by atomic mass is 10.1. The maximum atomic E-state index is 12.0. The average molecular weight is 267 g/mol. The van der Waals surface area contributed by atoms with Crippen LogP contribution in [0.25, 0.3) is 0 Å². The molecule has 2 rings (SSSR count). The van der Waals surface area contributed by atoms with Crippen LogP contribution in [0.3, 0.4) is 0 Å². The predicted molar refractivity (Wildman–Crippen MR) is 71.5 cm³/mol. The summed E-state index contributed by atoms with van der Waals surface area (Å²) in [5.74, 6) is 1.93. The lowest BCUT2D eigenvalue weighted by molar-refractivity contribution is -0.117. The van der Waals surface area contributed by atoms with Gasteiger partial charge in [-0.3, -0.25) is 19.2 Å². The zero-order valence-electron chi connectivity index (χ0n) is 10.8. The molecule has 1 unspecified atom stereocenters. The van der Waals surface area contributed by atoms with Crippen molar-refractivity contribution >= 4 is 28.6 Å². The minimum absolute atomic E-state index is 0.109. The van der Waals surface area contributed by atoms with Gasteiger partial charge >= 0.3 is 0 Å². The number of anilines is 1. The van der Waals surface area contributed by atoms with E-state index in [1.165, 1.54) is 11.8 Å². The Hall–Kier alpha value is -1.30. The van der Waals surface area contributed by atoms with E-state index in [9.17, 15) is 9.59 Å². The molecule has 1 aromatic heterocycles. The van der Waals surface area contributed by atoms with Crippen molar-refractivity contribution in [3.8, 4) is 0 Å². The molecule has 18 heavy (non-hydrogen) atoms. The van der Waals surface area contributed by atoms with Crippen LogP contribution in [0.1, 0.15) is 19.0 Å². The molecule has 0 saturated carbocycles. The quantitative estimate of drug-likeness (QED) is 0.830. The maximum Gasteiger partial charge on any atom is 0.228 e. The third kappa shape index (κ3) is 2.75. The lowest BCUT2D eigenvalue weighted by Crippen LogP contribution is -2.26. The fourth-order valence-corrected chi connectivity index (χ4v) is 2.89. The Kier molecular flexibility index (Phi) is 3.75. The van der Waals surface area contributed by atoms with Crippen LogP contribution in [0.4, 0.5) is 5.82 Å². The molecule has 0 radical (unpaired) electrons. The summed E-state index contributed by atoms with van der Waals surface area (Å²) in [7, 11) is 1.84. The number of thioether (sulfide) groups is 1. The van der Waals surface area contributed by atoms with Gasteiger partial charge in [0.1, 0.15) is 5.82 Å². The summed E-state index contributed by atoms with van der Waals surface area (Å²) in [4.78, 5) is 24.7. The van der Waals surface area contributed by atoms with Gasteiger partial charge in [0.25, 0.3) is 0 Å². The van der Waals surface area contributed by atoms with Crippen LogP contribution in [0.15, 0.2) is 6.07 Å². The number of aryl methyl sites for hydroxylation is 2. The van der Waals surface area contributed by atoms with Gasteiger partial charge in [0.2, 0.25) is 5.91 Å². The molecule has 0 bridgehead atoms. The molecule has 1 atom stereocenters. The van der Waals surface area contributed by atoms with Gasteiger partial charge in [-0.25, -0.2) is 0 Å². The van der Waals surface area contributed by atoms with E-state index in [0.29, 0.717) is 18.7 Å². The number of hydrogen-bond acceptors (Lipinski definition) is 4. The summed E-state index contributed by atoms with van der Waals surface area (Å²) in [5, 5.41) is 4.36. The molecule has 1 fully saturated rings. The monoisotopic (exact) mass is 267 g/mol. The van der Waals surface area contributed by atoms with Crippen LogP contribution < -0.4 is 4.90 Å². The van der Waals surface area contributed by atoms with E-state index >= 15 is 0 Å². The third-order valence-corrected chi connectivity index (χ3v) is 4.03.